The summed E-state index contributed by atoms with van der Waals surface area (Å²) in [6.07, 6.45) is 15.6. The molecule has 2 rings (SSSR count). The molecule has 0 spiro atoms. The first-order valence-corrected chi connectivity index (χ1v) is 9.12. The SMILES string of the molecule is CCC(C)(C(NN)C1=CCCCCCC1)N1CCCCC1. The van der Waals surface area contributed by atoms with Gasteiger partial charge in [-0.15, -0.1) is 0 Å². The number of rotatable bonds is 5. The van der Waals surface area contributed by atoms with Gasteiger partial charge in [0, 0.05) is 5.54 Å². The third-order valence-electron chi connectivity index (χ3n) is 5.78. The van der Waals surface area contributed by atoms with E-state index in [1.54, 1.807) is 5.57 Å². The Kier molecular flexibility index (Phi) is 6.72. The predicted octanol–water partition coefficient (Wildman–Crippen LogP) is 3.75. The maximum absolute atomic E-state index is 6.04. The van der Waals surface area contributed by atoms with Crippen molar-refractivity contribution in [2.45, 2.75) is 89.6 Å². The minimum Gasteiger partial charge on any atom is -0.296 e. The van der Waals surface area contributed by atoms with E-state index in [1.807, 2.05) is 0 Å². The lowest BCUT2D eigenvalue weighted by Gasteiger charge is -2.48. The molecule has 1 aliphatic heterocycles. The van der Waals surface area contributed by atoms with E-state index in [0.717, 1.165) is 6.42 Å². The molecule has 3 heteroatoms. The molecule has 21 heavy (non-hydrogen) atoms. The number of likely N-dealkylation sites (tertiary alicyclic amines) is 1. The molecule has 0 saturated carbocycles. The molecule has 3 N–H and O–H groups in total. The van der Waals surface area contributed by atoms with E-state index < -0.39 is 0 Å². The van der Waals surface area contributed by atoms with Crippen LogP contribution in [0.5, 0.6) is 0 Å². The van der Waals surface area contributed by atoms with Crippen LogP contribution in [0.4, 0.5) is 0 Å². The number of hydrogen-bond acceptors (Lipinski definition) is 3. The highest BCUT2D eigenvalue weighted by Crippen LogP contribution is 2.33. The fourth-order valence-corrected chi connectivity index (χ4v) is 4.18. The first-order valence-electron chi connectivity index (χ1n) is 9.12. The van der Waals surface area contributed by atoms with Crippen LogP contribution in [-0.2, 0) is 0 Å². The van der Waals surface area contributed by atoms with E-state index in [2.05, 4.69) is 30.2 Å². The van der Waals surface area contributed by atoms with Crippen molar-refractivity contribution >= 4 is 0 Å². The molecule has 0 aromatic carbocycles. The first kappa shape index (κ1) is 17.0. The molecule has 1 aliphatic carbocycles. The lowest BCUT2D eigenvalue weighted by Crippen LogP contribution is -2.62. The third kappa shape index (κ3) is 4.08. The molecule has 122 valence electrons. The standard InChI is InChI=1S/C18H35N3/c1-3-18(2,21-14-10-7-11-15-21)17(20-19)16-12-8-5-4-6-9-13-16/h12,17,20H,3-11,13-15,19H2,1-2H3. The molecule has 0 amide bonds. The topological polar surface area (TPSA) is 41.3 Å². The monoisotopic (exact) mass is 293 g/mol. The normalized spacial score (nSPS) is 26.3. The van der Waals surface area contributed by atoms with Gasteiger partial charge < -0.3 is 0 Å². The molecule has 1 saturated heterocycles. The number of allylic oxidation sites excluding steroid dienone is 1. The van der Waals surface area contributed by atoms with Crippen molar-refractivity contribution in [3.63, 3.8) is 0 Å². The van der Waals surface area contributed by atoms with Crippen molar-refractivity contribution in [2.24, 2.45) is 5.84 Å². The Morgan fingerprint density at radius 3 is 2.48 bits per heavy atom. The summed E-state index contributed by atoms with van der Waals surface area (Å²) in [5.74, 6) is 6.04. The van der Waals surface area contributed by atoms with Gasteiger partial charge in [-0.25, -0.2) is 0 Å². The van der Waals surface area contributed by atoms with Crippen LogP contribution in [0.15, 0.2) is 11.6 Å². The maximum Gasteiger partial charge on any atom is 0.0601 e. The lowest BCUT2D eigenvalue weighted by molar-refractivity contribution is 0.0521. The summed E-state index contributed by atoms with van der Waals surface area (Å²) < 4.78 is 0. The van der Waals surface area contributed by atoms with Crippen LogP contribution in [0.3, 0.4) is 0 Å². The van der Waals surface area contributed by atoms with Crippen LogP contribution in [0.25, 0.3) is 0 Å². The number of hydrazine groups is 1. The van der Waals surface area contributed by atoms with E-state index in [4.69, 9.17) is 5.84 Å². The average molecular weight is 293 g/mol. The summed E-state index contributed by atoms with van der Waals surface area (Å²) in [5, 5.41) is 0. The van der Waals surface area contributed by atoms with Crippen molar-refractivity contribution in [1.82, 2.24) is 10.3 Å². The minimum atomic E-state index is 0.153. The first-order chi connectivity index (χ1) is 10.2. The van der Waals surface area contributed by atoms with E-state index >= 15 is 0 Å². The zero-order valence-corrected chi connectivity index (χ0v) is 14.2. The van der Waals surface area contributed by atoms with Crippen molar-refractivity contribution in [3.05, 3.63) is 11.6 Å². The van der Waals surface area contributed by atoms with E-state index in [9.17, 15) is 0 Å². The number of nitrogens with zero attached hydrogens (tertiary/aromatic N) is 1. The van der Waals surface area contributed by atoms with E-state index in [1.165, 1.54) is 70.9 Å². The Hall–Kier alpha value is -0.380. The van der Waals surface area contributed by atoms with Crippen LogP contribution >= 0.6 is 0 Å². The molecule has 0 radical (unpaired) electrons. The summed E-state index contributed by atoms with van der Waals surface area (Å²) in [5.41, 5.74) is 4.91. The number of nitrogens with one attached hydrogen (secondary N) is 1. The summed E-state index contributed by atoms with van der Waals surface area (Å²) >= 11 is 0. The van der Waals surface area contributed by atoms with Crippen LogP contribution in [0.2, 0.25) is 0 Å². The zero-order chi connectivity index (χ0) is 15.1. The quantitative estimate of drug-likeness (QED) is 0.461. The second kappa shape index (κ2) is 8.30. The fourth-order valence-electron chi connectivity index (χ4n) is 4.18. The molecule has 2 aliphatic rings. The highest BCUT2D eigenvalue weighted by Gasteiger charge is 2.39. The summed E-state index contributed by atoms with van der Waals surface area (Å²) in [6, 6.07) is 0.304. The summed E-state index contributed by atoms with van der Waals surface area (Å²) in [4.78, 5) is 2.70. The zero-order valence-electron chi connectivity index (χ0n) is 14.2. The average Bonchev–Trinajstić information content (AvgIpc) is 2.50. The van der Waals surface area contributed by atoms with Gasteiger partial charge in [-0.3, -0.25) is 16.2 Å². The molecule has 0 aromatic rings. The van der Waals surface area contributed by atoms with E-state index in [-0.39, 0.29) is 5.54 Å². The van der Waals surface area contributed by atoms with Crippen LogP contribution in [0.1, 0.15) is 78.1 Å². The van der Waals surface area contributed by atoms with Gasteiger partial charge in [-0.1, -0.05) is 37.8 Å². The molecule has 1 heterocycles. The van der Waals surface area contributed by atoms with Gasteiger partial charge in [0.1, 0.15) is 0 Å². The molecule has 2 atom stereocenters. The largest absolute Gasteiger partial charge is 0.296 e. The molecule has 0 bridgehead atoms. The molecular weight excluding hydrogens is 258 g/mol. The number of hydrogen-bond donors (Lipinski definition) is 2. The second-order valence-electron chi connectivity index (χ2n) is 7.09. The fraction of sp³-hybridized carbons (Fsp3) is 0.889. The van der Waals surface area contributed by atoms with Crippen molar-refractivity contribution in [1.29, 1.82) is 0 Å². The van der Waals surface area contributed by atoms with Gasteiger partial charge in [-0.05, 0) is 65.0 Å². The summed E-state index contributed by atoms with van der Waals surface area (Å²) in [7, 11) is 0. The van der Waals surface area contributed by atoms with Crippen LogP contribution in [0, 0.1) is 0 Å². The Morgan fingerprint density at radius 2 is 1.81 bits per heavy atom. The van der Waals surface area contributed by atoms with Gasteiger partial charge in [0.2, 0.25) is 0 Å². The molecule has 0 aromatic heterocycles. The molecule has 3 nitrogen and oxygen atoms in total. The van der Waals surface area contributed by atoms with Crippen molar-refractivity contribution in [3.8, 4) is 0 Å². The van der Waals surface area contributed by atoms with Gasteiger partial charge in [-0.2, -0.15) is 0 Å². The summed E-state index contributed by atoms with van der Waals surface area (Å²) in [6.45, 7) is 7.20. The smallest absolute Gasteiger partial charge is 0.0601 e. The van der Waals surface area contributed by atoms with Crippen LogP contribution in [-0.4, -0.2) is 29.6 Å². The van der Waals surface area contributed by atoms with Crippen molar-refractivity contribution < 1.29 is 0 Å². The van der Waals surface area contributed by atoms with E-state index in [0.29, 0.717) is 6.04 Å². The molecular formula is C18H35N3. The predicted molar refractivity (Wildman–Crippen MR) is 91.0 cm³/mol. The van der Waals surface area contributed by atoms with Gasteiger partial charge in [0.25, 0.3) is 0 Å². The Labute approximate surface area is 131 Å². The second-order valence-corrected chi connectivity index (χ2v) is 7.09. The number of piperidine rings is 1. The van der Waals surface area contributed by atoms with Gasteiger partial charge >= 0.3 is 0 Å². The minimum absolute atomic E-state index is 0.153. The molecule has 1 fully saturated rings. The third-order valence-corrected chi connectivity index (χ3v) is 5.78. The van der Waals surface area contributed by atoms with Gasteiger partial charge in [0.05, 0.1) is 6.04 Å². The maximum atomic E-state index is 6.04. The van der Waals surface area contributed by atoms with Crippen molar-refractivity contribution in [2.75, 3.05) is 13.1 Å². The highest BCUT2D eigenvalue weighted by molar-refractivity contribution is 5.19. The Balaban J connectivity index is 2.18. The highest BCUT2D eigenvalue weighted by atomic mass is 15.3. The Morgan fingerprint density at radius 1 is 1.14 bits per heavy atom. The van der Waals surface area contributed by atoms with Gasteiger partial charge in [0.15, 0.2) is 0 Å². The lowest BCUT2D eigenvalue weighted by atomic mass is 9.79. The Bertz CT molecular complexity index is 333. The number of nitrogens with two attached hydrogens (primary N) is 1. The van der Waals surface area contributed by atoms with Crippen LogP contribution < -0.4 is 11.3 Å². The molecule has 2 unspecified atom stereocenters.